The second-order valence-electron chi connectivity index (χ2n) is 4.15. The lowest BCUT2D eigenvalue weighted by atomic mass is 9.84. The number of rotatable bonds is 1. The van der Waals surface area contributed by atoms with Crippen molar-refractivity contribution in [1.82, 2.24) is 10.2 Å². The van der Waals surface area contributed by atoms with Crippen LogP contribution in [0.25, 0.3) is 0 Å². The molecule has 2 heteroatoms. The number of likely N-dealkylation sites (tertiary alicyclic amines) is 1. The van der Waals surface area contributed by atoms with Gasteiger partial charge in [0.2, 0.25) is 0 Å². The maximum Gasteiger partial charge on any atom is 0.0236 e. The second-order valence-corrected chi connectivity index (χ2v) is 4.15. The van der Waals surface area contributed by atoms with Crippen LogP contribution in [0, 0.1) is 5.92 Å². The molecule has 2 saturated heterocycles. The summed E-state index contributed by atoms with van der Waals surface area (Å²) in [5.74, 6) is 1.00. The van der Waals surface area contributed by atoms with E-state index in [2.05, 4.69) is 24.1 Å². The van der Waals surface area contributed by atoms with E-state index in [1.54, 1.807) is 0 Å². The molecule has 2 rings (SSSR count). The van der Waals surface area contributed by atoms with Crippen LogP contribution in [-0.2, 0) is 0 Å². The van der Waals surface area contributed by atoms with E-state index in [9.17, 15) is 0 Å². The molecule has 0 aromatic carbocycles. The molecule has 0 aliphatic carbocycles. The summed E-state index contributed by atoms with van der Waals surface area (Å²) in [6.07, 6.45) is 1.41. The highest BCUT2D eigenvalue weighted by Crippen LogP contribution is 2.24. The number of nitrogens with one attached hydrogen (secondary N) is 1. The summed E-state index contributed by atoms with van der Waals surface area (Å²) in [5, 5.41) is 3.49. The van der Waals surface area contributed by atoms with Crippen molar-refractivity contribution < 1.29 is 0 Å². The van der Waals surface area contributed by atoms with Gasteiger partial charge in [-0.05, 0) is 39.3 Å². The van der Waals surface area contributed by atoms with Gasteiger partial charge in [0, 0.05) is 18.6 Å². The van der Waals surface area contributed by atoms with Crippen LogP contribution < -0.4 is 5.32 Å². The molecule has 2 aliphatic heterocycles. The van der Waals surface area contributed by atoms with Crippen LogP contribution in [0.2, 0.25) is 0 Å². The molecular weight excluding hydrogens is 136 g/mol. The highest BCUT2D eigenvalue weighted by Gasteiger charge is 2.35. The van der Waals surface area contributed by atoms with Gasteiger partial charge < -0.3 is 5.32 Å². The number of fused-ring (bicyclic) bond motifs is 1. The normalized spacial score (nSPS) is 38.5. The zero-order valence-corrected chi connectivity index (χ0v) is 7.51. The molecule has 11 heavy (non-hydrogen) atoms. The minimum Gasteiger partial charge on any atom is -0.312 e. The standard InChI is InChI=1S/C9H18N2/c1-7(2)11-4-3-8-5-10-9(8)6-11/h7-10H,3-6H2,1-2H3. The molecule has 1 N–H and O–H groups in total. The van der Waals surface area contributed by atoms with Crippen molar-refractivity contribution in [3.05, 3.63) is 0 Å². The monoisotopic (exact) mass is 154 g/mol. The zero-order valence-electron chi connectivity index (χ0n) is 7.51. The fraction of sp³-hybridized carbons (Fsp3) is 1.00. The van der Waals surface area contributed by atoms with Crippen LogP contribution in [0.3, 0.4) is 0 Å². The molecule has 0 spiro atoms. The predicted molar refractivity (Wildman–Crippen MR) is 46.6 cm³/mol. The lowest BCUT2D eigenvalue weighted by molar-refractivity contribution is 0.0660. The summed E-state index contributed by atoms with van der Waals surface area (Å²) < 4.78 is 0. The average molecular weight is 154 g/mol. The average Bonchev–Trinajstić information content (AvgIpc) is 1.91. The summed E-state index contributed by atoms with van der Waals surface area (Å²) in [6, 6.07) is 1.56. The van der Waals surface area contributed by atoms with Gasteiger partial charge in [0.05, 0.1) is 0 Å². The van der Waals surface area contributed by atoms with E-state index in [0.29, 0.717) is 0 Å². The first-order valence-corrected chi connectivity index (χ1v) is 4.75. The Bertz CT molecular complexity index is 144. The van der Waals surface area contributed by atoms with Crippen LogP contribution in [0.5, 0.6) is 0 Å². The molecule has 2 aliphatic rings. The smallest absolute Gasteiger partial charge is 0.0236 e. The number of nitrogens with zero attached hydrogens (tertiary/aromatic N) is 1. The van der Waals surface area contributed by atoms with Crippen LogP contribution >= 0.6 is 0 Å². The van der Waals surface area contributed by atoms with E-state index >= 15 is 0 Å². The molecule has 2 atom stereocenters. The molecule has 2 fully saturated rings. The molecule has 2 unspecified atom stereocenters. The summed E-state index contributed by atoms with van der Waals surface area (Å²) in [4.78, 5) is 2.58. The second kappa shape index (κ2) is 2.76. The van der Waals surface area contributed by atoms with Crippen LogP contribution in [-0.4, -0.2) is 36.6 Å². The molecule has 0 saturated carbocycles. The number of piperidine rings is 1. The van der Waals surface area contributed by atoms with Crippen molar-refractivity contribution in [3.63, 3.8) is 0 Å². The van der Waals surface area contributed by atoms with Crippen LogP contribution in [0.1, 0.15) is 20.3 Å². The summed E-state index contributed by atoms with van der Waals surface area (Å²) in [7, 11) is 0. The van der Waals surface area contributed by atoms with Crippen molar-refractivity contribution in [2.24, 2.45) is 5.92 Å². The Balaban J connectivity index is 1.88. The summed E-state index contributed by atoms with van der Waals surface area (Å²) in [6.45, 7) is 8.46. The third-order valence-electron chi connectivity index (χ3n) is 3.16. The first-order valence-electron chi connectivity index (χ1n) is 4.75. The van der Waals surface area contributed by atoms with Gasteiger partial charge in [-0.25, -0.2) is 0 Å². The SMILES string of the molecule is CC(C)N1CCC2CNC2C1. The Labute approximate surface area is 69.0 Å². The zero-order chi connectivity index (χ0) is 7.84. The Hall–Kier alpha value is -0.0800. The first kappa shape index (κ1) is 7.56. The van der Waals surface area contributed by atoms with Crippen molar-refractivity contribution in [3.8, 4) is 0 Å². The Morgan fingerprint density at radius 3 is 2.73 bits per heavy atom. The maximum absolute atomic E-state index is 3.49. The molecule has 0 aromatic rings. The van der Waals surface area contributed by atoms with E-state index in [0.717, 1.165) is 18.0 Å². The van der Waals surface area contributed by atoms with Gasteiger partial charge in [-0.1, -0.05) is 0 Å². The van der Waals surface area contributed by atoms with Crippen molar-refractivity contribution in [2.75, 3.05) is 19.6 Å². The summed E-state index contributed by atoms with van der Waals surface area (Å²) in [5.41, 5.74) is 0. The molecule has 0 amide bonds. The number of hydrogen-bond acceptors (Lipinski definition) is 2. The highest BCUT2D eigenvalue weighted by molar-refractivity contribution is 4.94. The van der Waals surface area contributed by atoms with Crippen molar-refractivity contribution >= 4 is 0 Å². The van der Waals surface area contributed by atoms with Gasteiger partial charge in [0.25, 0.3) is 0 Å². The lowest BCUT2D eigenvalue weighted by Gasteiger charge is -2.47. The third kappa shape index (κ3) is 1.30. The predicted octanol–water partition coefficient (Wildman–Crippen LogP) is 0.688. The quantitative estimate of drug-likeness (QED) is 0.598. The van der Waals surface area contributed by atoms with Gasteiger partial charge >= 0.3 is 0 Å². The molecule has 2 heterocycles. The van der Waals surface area contributed by atoms with E-state index in [-0.39, 0.29) is 0 Å². The Morgan fingerprint density at radius 2 is 2.27 bits per heavy atom. The number of hydrogen-bond donors (Lipinski definition) is 1. The molecule has 2 nitrogen and oxygen atoms in total. The van der Waals surface area contributed by atoms with Gasteiger partial charge in [-0.2, -0.15) is 0 Å². The van der Waals surface area contributed by atoms with Gasteiger partial charge in [0.15, 0.2) is 0 Å². The van der Waals surface area contributed by atoms with E-state index in [4.69, 9.17) is 0 Å². The topological polar surface area (TPSA) is 15.3 Å². The van der Waals surface area contributed by atoms with Crippen molar-refractivity contribution in [1.29, 1.82) is 0 Å². The van der Waals surface area contributed by atoms with Gasteiger partial charge in [-0.3, -0.25) is 4.90 Å². The van der Waals surface area contributed by atoms with Crippen LogP contribution in [0.4, 0.5) is 0 Å². The molecule has 0 aromatic heterocycles. The van der Waals surface area contributed by atoms with Gasteiger partial charge in [-0.15, -0.1) is 0 Å². The van der Waals surface area contributed by atoms with E-state index in [1.165, 1.54) is 26.1 Å². The maximum atomic E-state index is 3.49. The molecular formula is C9H18N2. The van der Waals surface area contributed by atoms with E-state index in [1.807, 2.05) is 0 Å². The minimum absolute atomic E-state index is 0.735. The first-order chi connectivity index (χ1) is 5.27. The van der Waals surface area contributed by atoms with E-state index < -0.39 is 0 Å². The summed E-state index contributed by atoms with van der Waals surface area (Å²) >= 11 is 0. The fourth-order valence-electron chi connectivity index (χ4n) is 2.11. The Morgan fingerprint density at radius 1 is 1.45 bits per heavy atom. The largest absolute Gasteiger partial charge is 0.312 e. The molecule has 0 radical (unpaired) electrons. The molecule has 0 bridgehead atoms. The minimum atomic E-state index is 0.735. The van der Waals surface area contributed by atoms with Gasteiger partial charge in [0.1, 0.15) is 0 Å². The Kier molecular flexibility index (Phi) is 1.90. The van der Waals surface area contributed by atoms with Crippen molar-refractivity contribution in [2.45, 2.75) is 32.4 Å². The lowest BCUT2D eigenvalue weighted by Crippen LogP contribution is -2.62. The van der Waals surface area contributed by atoms with Crippen LogP contribution in [0.15, 0.2) is 0 Å². The molecule has 64 valence electrons. The third-order valence-corrected chi connectivity index (χ3v) is 3.16. The highest BCUT2D eigenvalue weighted by atomic mass is 15.2. The fourth-order valence-corrected chi connectivity index (χ4v) is 2.11.